The van der Waals surface area contributed by atoms with Gasteiger partial charge in [-0.3, -0.25) is 0 Å². The summed E-state index contributed by atoms with van der Waals surface area (Å²) in [5.41, 5.74) is 0. The summed E-state index contributed by atoms with van der Waals surface area (Å²) in [6.45, 7) is -0.421. The molecule has 0 aromatic carbocycles. The van der Waals surface area contributed by atoms with Crippen molar-refractivity contribution in [1.29, 1.82) is 0 Å². The SMILES string of the molecule is OC[C@@H]1O[C@H](O)[C@H](NC2C3CCCCC3[NH2+]C3CCCCC32)[C@H](O)[C@@H]1O. The number of rotatable bonds is 3. The lowest BCUT2D eigenvalue weighted by Gasteiger charge is -2.52. The van der Waals surface area contributed by atoms with E-state index in [9.17, 15) is 20.4 Å². The predicted octanol–water partition coefficient (Wildman–Crippen LogP) is -1.56. The lowest BCUT2D eigenvalue weighted by Crippen LogP contribution is -3.02. The van der Waals surface area contributed by atoms with Crippen molar-refractivity contribution >= 4 is 0 Å². The topological polar surface area (TPSA) is 119 Å². The number of piperidine rings is 1. The quantitative estimate of drug-likeness (QED) is 0.357. The van der Waals surface area contributed by atoms with E-state index in [2.05, 4.69) is 10.6 Å². The van der Waals surface area contributed by atoms with Gasteiger partial charge in [0.25, 0.3) is 0 Å². The standard InChI is InChI=1S/C19H34N2O5/c22-9-14-17(23)18(24)16(19(25)26-14)21-15-10-5-1-3-7-12(10)20-13-8-4-2-6-11(13)15/h10-25H,1-9H2/p+1/t10?,11?,12?,13?,14-,15?,16+,17+,18-,19-/m0/s1. The number of hydrogen-bond acceptors (Lipinski definition) is 6. The summed E-state index contributed by atoms with van der Waals surface area (Å²) in [5, 5.41) is 46.6. The molecule has 2 aliphatic heterocycles. The van der Waals surface area contributed by atoms with E-state index in [-0.39, 0.29) is 6.04 Å². The first-order chi connectivity index (χ1) is 12.6. The van der Waals surface area contributed by atoms with Gasteiger partial charge >= 0.3 is 0 Å². The average molecular weight is 371 g/mol. The number of nitrogens with one attached hydrogen (secondary N) is 1. The van der Waals surface area contributed by atoms with Crippen LogP contribution in [0.15, 0.2) is 0 Å². The van der Waals surface area contributed by atoms with Crippen LogP contribution >= 0.6 is 0 Å². The van der Waals surface area contributed by atoms with Crippen LogP contribution in [0, 0.1) is 11.8 Å². The number of fused-ring (bicyclic) bond motifs is 2. The van der Waals surface area contributed by atoms with Crippen molar-refractivity contribution in [3.63, 3.8) is 0 Å². The van der Waals surface area contributed by atoms with Gasteiger partial charge in [0.1, 0.15) is 18.3 Å². The zero-order valence-corrected chi connectivity index (χ0v) is 15.4. The van der Waals surface area contributed by atoms with Crippen molar-refractivity contribution in [3.05, 3.63) is 0 Å². The maximum Gasteiger partial charge on any atom is 0.173 e. The van der Waals surface area contributed by atoms with E-state index in [1.807, 2.05) is 0 Å². The second-order valence-corrected chi connectivity index (χ2v) is 8.86. The first-order valence-corrected chi connectivity index (χ1v) is 10.5. The Bertz CT molecular complexity index is 459. The van der Waals surface area contributed by atoms with E-state index < -0.39 is 37.3 Å². The van der Waals surface area contributed by atoms with Crippen LogP contribution in [0.3, 0.4) is 0 Å². The van der Waals surface area contributed by atoms with E-state index in [1.165, 1.54) is 51.4 Å². The molecule has 4 fully saturated rings. The van der Waals surface area contributed by atoms with Crippen LogP contribution < -0.4 is 10.6 Å². The van der Waals surface area contributed by atoms with Crippen molar-refractivity contribution in [1.82, 2.24) is 5.32 Å². The van der Waals surface area contributed by atoms with Gasteiger partial charge in [-0.05, 0) is 38.5 Å². The van der Waals surface area contributed by atoms with Gasteiger partial charge < -0.3 is 35.8 Å². The molecule has 2 heterocycles. The van der Waals surface area contributed by atoms with Crippen molar-refractivity contribution in [3.8, 4) is 0 Å². The van der Waals surface area contributed by atoms with E-state index in [4.69, 9.17) is 4.74 Å². The van der Waals surface area contributed by atoms with Gasteiger partial charge in [-0.15, -0.1) is 0 Å². The highest BCUT2D eigenvalue weighted by Gasteiger charge is 2.52. The van der Waals surface area contributed by atoms with Crippen molar-refractivity contribution < 1.29 is 30.5 Å². The van der Waals surface area contributed by atoms with Crippen molar-refractivity contribution in [2.24, 2.45) is 11.8 Å². The minimum Gasteiger partial charge on any atom is -0.394 e. The monoisotopic (exact) mass is 371 g/mol. The highest BCUT2D eigenvalue weighted by atomic mass is 16.6. The van der Waals surface area contributed by atoms with Gasteiger partial charge in [0, 0.05) is 17.9 Å². The summed E-state index contributed by atoms with van der Waals surface area (Å²) in [5.74, 6) is 1.07. The van der Waals surface area contributed by atoms with Crippen LogP contribution in [0.2, 0.25) is 0 Å². The highest BCUT2D eigenvalue weighted by molar-refractivity contribution is 5.01. The molecule has 0 radical (unpaired) electrons. The number of ether oxygens (including phenoxy) is 1. The molecule has 2 saturated carbocycles. The number of quaternary nitrogens is 1. The van der Waals surface area contributed by atoms with E-state index in [0.717, 1.165) is 0 Å². The Morgan fingerprint density at radius 3 is 1.96 bits per heavy atom. The third-order valence-electron chi connectivity index (χ3n) is 7.45. The van der Waals surface area contributed by atoms with Crippen LogP contribution in [-0.2, 0) is 4.74 Å². The molecule has 0 bridgehead atoms. The Morgan fingerprint density at radius 1 is 0.808 bits per heavy atom. The fourth-order valence-electron chi connectivity index (χ4n) is 6.13. The molecule has 4 aliphatic rings. The summed E-state index contributed by atoms with van der Waals surface area (Å²) in [7, 11) is 0. The fourth-order valence-corrected chi connectivity index (χ4v) is 6.13. The third-order valence-corrected chi connectivity index (χ3v) is 7.45. The zero-order valence-electron chi connectivity index (χ0n) is 15.4. The average Bonchev–Trinajstić information content (AvgIpc) is 2.67. The van der Waals surface area contributed by atoms with Crippen LogP contribution in [0.4, 0.5) is 0 Å². The van der Waals surface area contributed by atoms with E-state index in [0.29, 0.717) is 23.9 Å². The Hall–Kier alpha value is -0.280. The van der Waals surface area contributed by atoms with Crippen LogP contribution in [-0.4, -0.2) is 75.8 Å². The molecule has 4 unspecified atom stereocenters. The molecule has 0 aromatic heterocycles. The second-order valence-electron chi connectivity index (χ2n) is 8.86. The minimum atomic E-state index is -1.22. The number of aliphatic hydroxyl groups excluding tert-OH is 4. The largest absolute Gasteiger partial charge is 0.394 e. The first kappa shape index (κ1) is 19.1. The maximum atomic E-state index is 10.6. The smallest absolute Gasteiger partial charge is 0.173 e. The van der Waals surface area contributed by atoms with Crippen molar-refractivity contribution in [2.75, 3.05) is 6.61 Å². The number of hydrogen-bond donors (Lipinski definition) is 6. The Balaban J connectivity index is 1.53. The van der Waals surface area contributed by atoms with Crippen molar-refractivity contribution in [2.45, 2.75) is 100 Å². The van der Waals surface area contributed by atoms with Crippen LogP contribution in [0.1, 0.15) is 51.4 Å². The first-order valence-electron chi connectivity index (χ1n) is 10.5. The molecule has 7 N–H and O–H groups in total. The van der Waals surface area contributed by atoms with Crippen LogP contribution in [0.5, 0.6) is 0 Å². The maximum absolute atomic E-state index is 10.6. The van der Waals surface area contributed by atoms with Gasteiger partial charge in [-0.1, -0.05) is 12.8 Å². The normalized spacial score (nSPS) is 52.2. The Labute approximate surface area is 155 Å². The molecule has 9 atom stereocenters. The zero-order chi connectivity index (χ0) is 18.3. The highest BCUT2D eigenvalue weighted by Crippen LogP contribution is 2.38. The molecule has 2 saturated heterocycles. The lowest BCUT2D eigenvalue weighted by atomic mass is 9.65. The molecule has 26 heavy (non-hydrogen) atoms. The molecule has 2 aliphatic carbocycles. The summed E-state index contributed by atoms with van der Waals surface area (Å²) < 4.78 is 5.37. The van der Waals surface area contributed by atoms with Gasteiger partial charge in [0.05, 0.1) is 24.7 Å². The Morgan fingerprint density at radius 2 is 1.38 bits per heavy atom. The number of aliphatic hydroxyl groups is 4. The summed E-state index contributed by atoms with van der Waals surface area (Å²) in [6, 6.07) is 0.761. The molecule has 0 spiro atoms. The lowest BCUT2D eigenvalue weighted by molar-refractivity contribution is -0.749. The summed E-state index contributed by atoms with van der Waals surface area (Å²) in [4.78, 5) is 0. The fraction of sp³-hybridized carbons (Fsp3) is 1.00. The summed E-state index contributed by atoms with van der Waals surface area (Å²) >= 11 is 0. The minimum absolute atomic E-state index is 0.242. The molecule has 150 valence electrons. The molecular formula is C19H35N2O5+. The Kier molecular flexibility index (Phi) is 5.86. The number of nitrogens with two attached hydrogens (primary N) is 1. The van der Waals surface area contributed by atoms with Gasteiger partial charge in [0.15, 0.2) is 6.29 Å². The summed E-state index contributed by atoms with van der Waals surface area (Å²) in [6.07, 6.45) is 5.41. The van der Waals surface area contributed by atoms with E-state index in [1.54, 1.807) is 0 Å². The molecular weight excluding hydrogens is 336 g/mol. The van der Waals surface area contributed by atoms with Gasteiger partial charge in [0.2, 0.25) is 0 Å². The third kappa shape index (κ3) is 3.43. The second kappa shape index (κ2) is 7.99. The molecule has 7 heteroatoms. The molecule has 4 rings (SSSR count). The van der Waals surface area contributed by atoms with E-state index >= 15 is 0 Å². The van der Waals surface area contributed by atoms with Gasteiger partial charge in [-0.2, -0.15) is 0 Å². The molecule has 0 amide bonds. The molecule has 0 aromatic rings. The predicted molar refractivity (Wildman–Crippen MR) is 94.1 cm³/mol. The molecule has 7 nitrogen and oxygen atoms in total. The van der Waals surface area contributed by atoms with Crippen LogP contribution in [0.25, 0.3) is 0 Å². The van der Waals surface area contributed by atoms with Gasteiger partial charge in [-0.25, -0.2) is 0 Å².